The summed E-state index contributed by atoms with van der Waals surface area (Å²) >= 11 is 0. The third-order valence-electron chi connectivity index (χ3n) is 4.56. The second kappa shape index (κ2) is 2.05. The van der Waals surface area contributed by atoms with Crippen LogP contribution in [0.4, 0.5) is 0 Å². The van der Waals surface area contributed by atoms with E-state index >= 15 is 0 Å². The van der Waals surface area contributed by atoms with Gasteiger partial charge in [-0.3, -0.25) is 0 Å². The van der Waals surface area contributed by atoms with Gasteiger partial charge in [0.25, 0.3) is 0 Å². The van der Waals surface area contributed by atoms with E-state index in [0.29, 0.717) is 29.8 Å². The topological polar surface area (TPSA) is 29.5 Å². The molecule has 0 radical (unpaired) electrons. The zero-order chi connectivity index (χ0) is 8.46. The van der Waals surface area contributed by atoms with Gasteiger partial charge in [-0.1, -0.05) is 13.8 Å². The quantitative estimate of drug-likeness (QED) is 0.589. The van der Waals surface area contributed by atoms with Crippen molar-refractivity contribution in [2.75, 3.05) is 0 Å². The first kappa shape index (κ1) is 7.34. The zero-order valence-corrected chi connectivity index (χ0v) is 7.60. The van der Waals surface area contributed by atoms with E-state index in [4.69, 9.17) is 4.74 Å². The maximum absolute atomic E-state index is 9.66. The Balaban J connectivity index is 2.01. The normalized spacial score (nSPS) is 67.8. The molecule has 1 N–H and O–H groups in total. The lowest BCUT2D eigenvalue weighted by molar-refractivity contribution is -0.110. The smallest absolute Gasteiger partial charge is 0.158 e. The Kier molecular flexibility index (Phi) is 1.25. The Bertz CT molecular complexity index is 212. The number of aliphatic hydroxyl groups is 1. The van der Waals surface area contributed by atoms with Gasteiger partial charge >= 0.3 is 0 Å². The van der Waals surface area contributed by atoms with Crippen LogP contribution in [0.25, 0.3) is 0 Å². The molecule has 1 saturated heterocycles. The maximum atomic E-state index is 9.66. The van der Waals surface area contributed by atoms with Gasteiger partial charge in [-0.15, -0.1) is 0 Å². The average molecular weight is 168 g/mol. The van der Waals surface area contributed by atoms with Crippen molar-refractivity contribution in [2.45, 2.75) is 32.7 Å². The Morgan fingerprint density at radius 1 is 1.17 bits per heavy atom. The minimum absolute atomic E-state index is 0.381. The lowest BCUT2D eigenvalue weighted by atomic mass is 9.76. The van der Waals surface area contributed by atoms with E-state index in [2.05, 4.69) is 13.8 Å². The molecule has 0 aromatic carbocycles. The first-order valence-electron chi connectivity index (χ1n) is 5.03. The summed E-state index contributed by atoms with van der Waals surface area (Å²) < 4.78 is 5.58. The summed E-state index contributed by atoms with van der Waals surface area (Å²) in [6, 6.07) is 0. The van der Waals surface area contributed by atoms with Crippen molar-refractivity contribution < 1.29 is 9.84 Å². The minimum Gasteiger partial charge on any atom is -0.368 e. The highest BCUT2D eigenvalue weighted by Gasteiger charge is 2.62. The first-order valence-corrected chi connectivity index (χ1v) is 5.03. The summed E-state index contributed by atoms with van der Waals surface area (Å²) in [4.78, 5) is 0. The van der Waals surface area contributed by atoms with Crippen molar-refractivity contribution in [1.29, 1.82) is 0 Å². The minimum atomic E-state index is -0.454. The molecule has 68 valence electrons. The molecule has 0 spiro atoms. The number of rotatable bonds is 0. The van der Waals surface area contributed by atoms with Crippen LogP contribution in [0.1, 0.15) is 20.3 Å². The fourth-order valence-corrected chi connectivity index (χ4v) is 3.99. The van der Waals surface area contributed by atoms with Crippen LogP contribution in [0.3, 0.4) is 0 Å². The lowest BCUT2D eigenvalue weighted by Crippen LogP contribution is -2.30. The molecule has 2 saturated carbocycles. The second-order valence-corrected chi connectivity index (χ2v) is 4.85. The molecular formula is C10H16O2. The highest BCUT2D eigenvalue weighted by Crippen LogP contribution is 2.61. The summed E-state index contributed by atoms with van der Waals surface area (Å²) in [6.45, 7) is 4.56. The van der Waals surface area contributed by atoms with Crippen LogP contribution in [0.5, 0.6) is 0 Å². The molecule has 12 heavy (non-hydrogen) atoms. The van der Waals surface area contributed by atoms with E-state index in [1.165, 1.54) is 6.42 Å². The molecule has 1 aliphatic heterocycles. The van der Waals surface area contributed by atoms with E-state index < -0.39 is 6.29 Å². The van der Waals surface area contributed by atoms with E-state index in [1.54, 1.807) is 0 Å². The molecule has 5 unspecified atom stereocenters. The van der Waals surface area contributed by atoms with Crippen molar-refractivity contribution in [1.82, 2.24) is 0 Å². The molecule has 2 nitrogen and oxygen atoms in total. The third kappa shape index (κ3) is 0.612. The van der Waals surface area contributed by atoms with Crippen LogP contribution >= 0.6 is 0 Å². The molecule has 3 aliphatic rings. The van der Waals surface area contributed by atoms with E-state index in [-0.39, 0.29) is 0 Å². The van der Waals surface area contributed by atoms with Crippen LogP contribution in [0.2, 0.25) is 0 Å². The van der Waals surface area contributed by atoms with Crippen molar-refractivity contribution in [3.05, 3.63) is 0 Å². The van der Waals surface area contributed by atoms with Crippen molar-refractivity contribution >= 4 is 0 Å². The monoisotopic (exact) mass is 168 g/mol. The summed E-state index contributed by atoms with van der Waals surface area (Å²) in [5, 5.41) is 9.66. The SMILES string of the molecule is C[C@@H]1C2C(O)OC3C2CC1[C@H]3C. The van der Waals surface area contributed by atoms with E-state index in [1.807, 2.05) is 0 Å². The molecule has 0 aromatic rings. The third-order valence-corrected chi connectivity index (χ3v) is 4.56. The molecule has 2 aliphatic carbocycles. The largest absolute Gasteiger partial charge is 0.368 e. The van der Waals surface area contributed by atoms with Gasteiger partial charge in [0.15, 0.2) is 6.29 Å². The number of hydrogen-bond acceptors (Lipinski definition) is 2. The van der Waals surface area contributed by atoms with E-state index in [9.17, 15) is 5.11 Å². The molecule has 3 fully saturated rings. The van der Waals surface area contributed by atoms with Gasteiger partial charge in [0.2, 0.25) is 0 Å². The molecule has 2 heteroatoms. The molecule has 2 bridgehead atoms. The number of hydrogen-bond donors (Lipinski definition) is 1. The van der Waals surface area contributed by atoms with Gasteiger partial charge in [-0.25, -0.2) is 0 Å². The molecule has 0 aromatic heterocycles. The van der Waals surface area contributed by atoms with Crippen molar-refractivity contribution in [2.24, 2.45) is 29.6 Å². The van der Waals surface area contributed by atoms with Crippen LogP contribution < -0.4 is 0 Å². The Labute approximate surface area is 72.9 Å². The molecule has 7 atom stereocenters. The predicted octanol–water partition coefficient (Wildman–Crippen LogP) is 1.24. The number of fused-ring (bicyclic) bond motifs is 1. The lowest BCUT2D eigenvalue weighted by Gasteiger charge is -2.28. The van der Waals surface area contributed by atoms with Crippen LogP contribution in [0, 0.1) is 29.6 Å². The van der Waals surface area contributed by atoms with Gasteiger partial charge in [0, 0.05) is 5.92 Å². The van der Waals surface area contributed by atoms with Gasteiger partial charge in [-0.05, 0) is 30.1 Å². The van der Waals surface area contributed by atoms with Gasteiger partial charge in [-0.2, -0.15) is 0 Å². The fourth-order valence-electron chi connectivity index (χ4n) is 3.99. The fraction of sp³-hybridized carbons (Fsp3) is 1.00. The average Bonchev–Trinajstić information content (AvgIpc) is 2.56. The summed E-state index contributed by atoms with van der Waals surface area (Å²) in [5.74, 6) is 3.31. The Morgan fingerprint density at radius 3 is 2.58 bits per heavy atom. The molecule has 0 amide bonds. The second-order valence-electron chi connectivity index (χ2n) is 4.85. The number of ether oxygens (including phenoxy) is 1. The standard InChI is InChI=1S/C10H16O2/c1-4-6-3-7-8(4)10(11)12-9(7)5(6)2/h4-11H,3H2,1-2H3/t4-,5+,6?,7?,8?,9?,10?/m0/s1. The molecular weight excluding hydrogens is 152 g/mol. The van der Waals surface area contributed by atoms with Crippen LogP contribution in [0.15, 0.2) is 0 Å². The van der Waals surface area contributed by atoms with Crippen molar-refractivity contribution in [3.63, 3.8) is 0 Å². The Morgan fingerprint density at radius 2 is 1.92 bits per heavy atom. The zero-order valence-electron chi connectivity index (χ0n) is 7.60. The Hall–Kier alpha value is -0.0800. The van der Waals surface area contributed by atoms with Crippen LogP contribution in [-0.2, 0) is 4.74 Å². The van der Waals surface area contributed by atoms with E-state index in [0.717, 1.165) is 5.92 Å². The summed E-state index contributed by atoms with van der Waals surface area (Å²) in [6.07, 6.45) is 1.23. The highest BCUT2D eigenvalue weighted by molar-refractivity contribution is 5.07. The van der Waals surface area contributed by atoms with Gasteiger partial charge < -0.3 is 9.84 Å². The van der Waals surface area contributed by atoms with Crippen LogP contribution in [-0.4, -0.2) is 17.5 Å². The molecule has 1 heterocycles. The number of aliphatic hydroxyl groups excluding tert-OH is 1. The van der Waals surface area contributed by atoms with Gasteiger partial charge in [0.05, 0.1) is 6.10 Å². The summed E-state index contributed by atoms with van der Waals surface area (Å²) in [5.41, 5.74) is 0. The maximum Gasteiger partial charge on any atom is 0.158 e. The van der Waals surface area contributed by atoms with Crippen molar-refractivity contribution in [3.8, 4) is 0 Å². The highest BCUT2D eigenvalue weighted by atomic mass is 16.6. The molecule has 3 rings (SSSR count). The first-order chi connectivity index (χ1) is 5.70. The van der Waals surface area contributed by atoms with Gasteiger partial charge in [0.1, 0.15) is 0 Å². The summed E-state index contributed by atoms with van der Waals surface area (Å²) in [7, 11) is 0. The predicted molar refractivity (Wildman–Crippen MR) is 44.3 cm³/mol.